The van der Waals surface area contributed by atoms with Crippen molar-refractivity contribution in [2.45, 2.75) is 25.4 Å². The molecule has 130 valence electrons. The molecule has 1 atom stereocenters. The number of nitrogens with zero attached hydrogens (tertiary/aromatic N) is 2. The number of carbonyl (C=O) groups excluding carboxylic acids is 2. The number of hydrogen-bond donors (Lipinski definition) is 0. The van der Waals surface area contributed by atoms with Gasteiger partial charge in [0, 0.05) is 44.8 Å². The Balaban J connectivity index is 1.49. The molecule has 5 nitrogen and oxygen atoms in total. The standard InChI is InChI=1S/C17H20F2N2O3/c18-14-3-1-12(11-15(14)19)17(23)21-8-6-20(7-9-21)16(22)4-2-13-5-10-24-13/h1,3,11,13H,2,4-10H2. The van der Waals surface area contributed by atoms with Crippen molar-refractivity contribution in [2.75, 3.05) is 32.8 Å². The van der Waals surface area contributed by atoms with Crippen LogP contribution >= 0.6 is 0 Å². The Morgan fingerprint density at radius 3 is 2.33 bits per heavy atom. The van der Waals surface area contributed by atoms with E-state index in [-0.39, 0.29) is 23.5 Å². The monoisotopic (exact) mass is 338 g/mol. The Kier molecular flexibility index (Phi) is 5.08. The van der Waals surface area contributed by atoms with Gasteiger partial charge in [0.25, 0.3) is 5.91 Å². The van der Waals surface area contributed by atoms with Gasteiger partial charge in [-0.1, -0.05) is 0 Å². The summed E-state index contributed by atoms with van der Waals surface area (Å²) in [7, 11) is 0. The van der Waals surface area contributed by atoms with E-state index >= 15 is 0 Å². The maximum absolute atomic E-state index is 13.2. The summed E-state index contributed by atoms with van der Waals surface area (Å²) in [5.41, 5.74) is 0.121. The molecule has 0 aliphatic carbocycles. The molecule has 2 aliphatic rings. The predicted octanol–water partition coefficient (Wildman–Crippen LogP) is 1.82. The average molecular weight is 338 g/mol. The van der Waals surface area contributed by atoms with E-state index < -0.39 is 11.6 Å². The molecular formula is C17H20F2N2O3. The Morgan fingerprint density at radius 2 is 1.75 bits per heavy atom. The zero-order valence-corrected chi connectivity index (χ0v) is 13.3. The molecule has 0 aromatic heterocycles. The number of rotatable bonds is 4. The van der Waals surface area contributed by atoms with Gasteiger partial charge in [-0.2, -0.15) is 0 Å². The first kappa shape index (κ1) is 16.8. The fourth-order valence-corrected chi connectivity index (χ4v) is 2.93. The lowest BCUT2D eigenvalue weighted by molar-refractivity contribution is -0.134. The highest BCUT2D eigenvalue weighted by molar-refractivity contribution is 5.94. The van der Waals surface area contributed by atoms with E-state index in [0.717, 1.165) is 31.6 Å². The lowest BCUT2D eigenvalue weighted by atomic mass is 10.1. The number of piperazine rings is 1. The van der Waals surface area contributed by atoms with E-state index in [2.05, 4.69) is 0 Å². The van der Waals surface area contributed by atoms with E-state index in [1.165, 1.54) is 6.07 Å². The van der Waals surface area contributed by atoms with Crippen molar-refractivity contribution in [3.63, 3.8) is 0 Å². The molecule has 1 unspecified atom stereocenters. The van der Waals surface area contributed by atoms with Gasteiger partial charge >= 0.3 is 0 Å². The third-order valence-corrected chi connectivity index (χ3v) is 4.56. The summed E-state index contributed by atoms with van der Waals surface area (Å²) < 4.78 is 31.5. The molecule has 2 heterocycles. The van der Waals surface area contributed by atoms with Crippen LogP contribution in [0.3, 0.4) is 0 Å². The summed E-state index contributed by atoms with van der Waals surface area (Å²) in [6.45, 7) is 2.48. The summed E-state index contributed by atoms with van der Waals surface area (Å²) >= 11 is 0. The van der Waals surface area contributed by atoms with Crippen molar-refractivity contribution in [1.82, 2.24) is 9.80 Å². The van der Waals surface area contributed by atoms with Crippen LogP contribution in [0.15, 0.2) is 18.2 Å². The van der Waals surface area contributed by atoms with E-state index in [0.29, 0.717) is 32.6 Å². The van der Waals surface area contributed by atoms with Crippen LogP contribution in [0.25, 0.3) is 0 Å². The van der Waals surface area contributed by atoms with Gasteiger partial charge in [-0.25, -0.2) is 8.78 Å². The molecule has 0 bridgehead atoms. The third kappa shape index (κ3) is 3.72. The second-order valence-electron chi connectivity index (χ2n) is 6.12. The van der Waals surface area contributed by atoms with Crippen LogP contribution in [-0.4, -0.2) is 60.5 Å². The summed E-state index contributed by atoms with van der Waals surface area (Å²) in [6, 6.07) is 3.13. The minimum Gasteiger partial charge on any atom is -0.378 e. The summed E-state index contributed by atoms with van der Waals surface area (Å²) in [4.78, 5) is 27.8. The van der Waals surface area contributed by atoms with Crippen molar-refractivity contribution >= 4 is 11.8 Å². The van der Waals surface area contributed by atoms with Gasteiger partial charge in [0.2, 0.25) is 5.91 Å². The molecule has 0 radical (unpaired) electrons. The van der Waals surface area contributed by atoms with Gasteiger partial charge in [-0.05, 0) is 31.0 Å². The van der Waals surface area contributed by atoms with Crippen LogP contribution in [0.4, 0.5) is 8.78 Å². The molecule has 7 heteroatoms. The van der Waals surface area contributed by atoms with Crippen LogP contribution in [-0.2, 0) is 9.53 Å². The van der Waals surface area contributed by atoms with Gasteiger partial charge < -0.3 is 14.5 Å². The van der Waals surface area contributed by atoms with Crippen LogP contribution in [0, 0.1) is 11.6 Å². The molecule has 3 rings (SSSR count). The first-order chi connectivity index (χ1) is 11.5. The highest BCUT2D eigenvalue weighted by Gasteiger charge is 2.26. The molecule has 24 heavy (non-hydrogen) atoms. The smallest absolute Gasteiger partial charge is 0.254 e. The van der Waals surface area contributed by atoms with E-state index in [1.54, 1.807) is 9.80 Å². The van der Waals surface area contributed by atoms with Gasteiger partial charge in [-0.3, -0.25) is 9.59 Å². The van der Waals surface area contributed by atoms with E-state index in [1.807, 2.05) is 0 Å². The Bertz CT molecular complexity index is 626. The highest BCUT2D eigenvalue weighted by Crippen LogP contribution is 2.18. The number of hydrogen-bond acceptors (Lipinski definition) is 3. The molecule has 0 N–H and O–H groups in total. The summed E-state index contributed by atoms with van der Waals surface area (Å²) in [5.74, 6) is -2.28. The van der Waals surface area contributed by atoms with Crippen molar-refractivity contribution in [2.24, 2.45) is 0 Å². The molecule has 1 aromatic carbocycles. The van der Waals surface area contributed by atoms with Gasteiger partial charge in [-0.15, -0.1) is 0 Å². The zero-order chi connectivity index (χ0) is 17.1. The minimum absolute atomic E-state index is 0.0745. The van der Waals surface area contributed by atoms with Crippen molar-refractivity contribution in [1.29, 1.82) is 0 Å². The number of benzene rings is 1. The molecule has 2 aliphatic heterocycles. The molecule has 0 saturated carbocycles. The Labute approximate surface area is 139 Å². The third-order valence-electron chi connectivity index (χ3n) is 4.56. The van der Waals surface area contributed by atoms with Crippen molar-refractivity contribution in [3.8, 4) is 0 Å². The topological polar surface area (TPSA) is 49.9 Å². The maximum atomic E-state index is 13.2. The van der Waals surface area contributed by atoms with E-state index in [4.69, 9.17) is 4.74 Å². The lowest BCUT2D eigenvalue weighted by Gasteiger charge is -2.35. The fraction of sp³-hybridized carbons (Fsp3) is 0.529. The molecule has 2 amide bonds. The van der Waals surface area contributed by atoms with Gasteiger partial charge in [0.15, 0.2) is 11.6 Å². The minimum atomic E-state index is -1.03. The quantitative estimate of drug-likeness (QED) is 0.841. The second kappa shape index (κ2) is 7.25. The SMILES string of the molecule is O=C(CCC1CCO1)N1CCN(C(=O)c2ccc(F)c(F)c2)CC1. The van der Waals surface area contributed by atoms with Gasteiger partial charge in [0.1, 0.15) is 0 Å². The fourth-order valence-electron chi connectivity index (χ4n) is 2.93. The van der Waals surface area contributed by atoms with Crippen LogP contribution < -0.4 is 0 Å². The second-order valence-corrected chi connectivity index (χ2v) is 6.12. The number of carbonyl (C=O) groups is 2. The normalized spacial score (nSPS) is 20.7. The van der Waals surface area contributed by atoms with Crippen LogP contribution in [0.2, 0.25) is 0 Å². The predicted molar refractivity (Wildman–Crippen MR) is 82.4 cm³/mol. The van der Waals surface area contributed by atoms with Crippen molar-refractivity contribution < 1.29 is 23.1 Å². The molecule has 0 spiro atoms. The zero-order valence-electron chi connectivity index (χ0n) is 13.3. The first-order valence-electron chi connectivity index (χ1n) is 8.18. The summed E-state index contributed by atoms with van der Waals surface area (Å²) in [5, 5.41) is 0. The largest absolute Gasteiger partial charge is 0.378 e. The van der Waals surface area contributed by atoms with E-state index in [9.17, 15) is 18.4 Å². The van der Waals surface area contributed by atoms with Crippen molar-refractivity contribution in [3.05, 3.63) is 35.4 Å². The average Bonchev–Trinajstić information content (AvgIpc) is 2.55. The Morgan fingerprint density at radius 1 is 1.08 bits per heavy atom. The number of ether oxygens (including phenoxy) is 1. The molecule has 2 fully saturated rings. The number of halogens is 2. The first-order valence-corrected chi connectivity index (χ1v) is 8.18. The van der Waals surface area contributed by atoms with Gasteiger partial charge in [0.05, 0.1) is 6.10 Å². The molecule has 1 aromatic rings. The molecule has 2 saturated heterocycles. The van der Waals surface area contributed by atoms with Crippen LogP contribution in [0.1, 0.15) is 29.6 Å². The van der Waals surface area contributed by atoms with Crippen LogP contribution in [0.5, 0.6) is 0 Å². The Hall–Kier alpha value is -2.02. The highest BCUT2D eigenvalue weighted by atomic mass is 19.2. The lowest BCUT2D eigenvalue weighted by Crippen LogP contribution is -2.50. The molecular weight excluding hydrogens is 318 g/mol. The maximum Gasteiger partial charge on any atom is 0.254 e. The summed E-state index contributed by atoms with van der Waals surface area (Å²) in [6.07, 6.45) is 2.43. The number of amides is 2.